The Kier molecular flexibility index (Phi) is 4.04. The van der Waals surface area contributed by atoms with E-state index >= 15 is 0 Å². The van der Waals surface area contributed by atoms with Gasteiger partial charge in [0.2, 0.25) is 0 Å². The van der Waals surface area contributed by atoms with Gasteiger partial charge in [-0.3, -0.25) is 9.67 Å². The summed E-state index contributed by atoms with van der Waals surface area (Å²) in [7, 11) is 3.28. The lowest BCUT2D eigenvalue weighted by Crippen LogP contribution is -2.10. The molecule has 2 aromatic rings. The van der Waals surface area contributed by atoms with Crippen molar-refractivity contribution in [3.63, 3.8) is 0 Å². The molecule has 7 heteroatoms. The maximum absolute atomic E-state index is 10.4. The summed E-state index contributed by atoms with van der Waals surface area (Å²) in [5.41, 5.74) is 1.08. The Labute approximate surface area is 121 Å². The SMILES string of the molecule is COc1cnn(C)c1C(O)c1ncc(Br)cc1Br. The molecule has 0 radical (unpaired) electrons. The van der Waals surface area contributed by atoms with Crippen LogP contribution in [0, 0.1) is 0 Å². The molecule has 0 fully saturated rings. The quantitative estimate of drug-likeness (QED) is 0.893. The first-order valence-electron chi connectivity index (χ1n) is 5.09. The summed E-state index contributed by atoms with van der Waals surface area (Å²) in [6.07, 6.45) is 2.28. The first-order valence-corrected chi connectivity index (χ1v) is 6.68. The molecule has 1 N–H and O–H groups in total. The van der Waals surface area contributed by atoms with Crippen LogP contribution >= 0.6 is 31.9 Å². The van der Waals surface area contributed by atoms with E-state index in [1.165, 1.54) is 7.11 Å². The summed E-state index contributed by atoms with van der Waals surface area (Å²) in [4.78, 5) is 4.21. The van der Waals surface area contributed by atoms with E-state index in [0.717, 1.165) is 4.47 Å². The van der Waals surface area contributed by atoms with Crippen LogP contribution in [0.25, 0.3) is 0 Å². The van der Waals surface area contributed by atoms with Crippen LogP contribution in [-0.4, -0.2) is 27.0 Å². The van der Waals surface area contributed by atoms with E-state index in [-0.39, 0.29) is 0 Å². The predicted octanol–water partition coefficient (Wildman–Crippen LogP) is 2.43. The van der Waals surface area contributed by atoms with Gasteiger partial charge in [-0.25, -0.2) is 0 Å². The number of aliphatic hydroxyl groups excluding tert-OH is 1. The minimum Gasteiger partial charge on any atom is -0.493 e. The summed E-state index contributed by atoms with van der Waals surface area (Å²) >= 11 is 6.70. The lowest BCUT2D eigenvalue weighted by Gasteiger charge is -2.14. The van der Waals surface area contributed by atoms with Gasteiger partial charge in [0.25, 0.3) is 0 Å². The summed E-state index contributed by atoms with van der Waals surface area (Å²) in [6.45, 7) is 0. The Hall–Kier alpha value is -0.920. The normalized spacial score (nSPS) is 12.5. The van der Waals surface area contributed by atoms with Crippen LogP contribution < -0.4 is 4.74 Å². The Morgan fingerprint density at radius 1 is 1.39 bits per heavy atom. The molecule has 2 heterocycles. The monoisotopic (exact) mass is 375 g/mol. The number of rotatable bonds is 3. The van der Waals surface area contributed by atoms with Crippen LogP contribution in [0.15, 0.2) is 27.4 Å². The van der Waals surface area contributed by atoms with Gasteiger partial charge in [-0.15, -0.1) is 0 Å². The lowest BCUT2D eigenvalue weighted by molar-refractivity contribution is 0.199. The number of hydrogen-bond donors (Lipinski definition) is 1. The van der Waals surface area contributed by atoms with Gasteiger partial charge in [-0.1, -0.05) is 0 Å². The molecule has 96 valence electrons. The van der Waals surface area contributed by atoms with E-state index in [4.69, 9.17) is 4.74 Å². The molecule has 0 spiro atoms. The number of methoxy groups -OCH3 is 1. The second-order valence-corrected chi connectivity index (χ2v) is 5.41. The Morgan fingerprint density at radius 3 is 2.72 bits per heavy atom. The fourth-order valence-corrected chi connectivity index (χ4v) is 2.86. The zero-order valence-corrected chi connectivity index (χ0v) is 12.9. The van der Waals surface area contributed by atoms with Crippen molar-refractivity contribution in [3.8, 4) is 5.75 Å². The van der Waals surface area contributed by atoms with E-state index < -0.39 is 6.10 Å². The first-order chi connectivity index (χ1) is 8.54. The molecule has 0 aliphatic rings. The second kappa shape index (κ2) is 5.38. The van der Waals surface area contributed by atoms with Crippen molar-refractivity contribution in [1.29, 1.82) is 0 Å². The zero-order chi connectivity index (χ0) is 13.3. The van der Waals surface area contributed by atoms with Crippen molar-refractivity contribution < 1.29 is 9.84 Å². The maximum Gasteiger partial charge on any atom is 0.163 e. The number of aromatic nitrogens is 3. The Morgan fingerprint density at radius 2 is 2.11 bits per heavy atom. The van der Waals surface area contributed by atoms with E-state index in [2.05, 4.69) is 41.9 Å². The molecule has 0 bridgehead atoms. The van der Waals surface area contributed by atoms with Gasteiger partial charge in [0, 0.05) is 22.2 Å². The minimum atomic E-state index is -0.907. The third kappa shape index (κ3) is 2.43. The van der Waals surface area contributed by atoms with Crippen LogP contribution in [0.2, 0.25) is 0 Å². The molecular formula is C11H11Br2N3O2. The van der Waals surface area contributed by atoms with Crippen molar-refractivity contribution >= 4 is 31.9 Å². The highest BCUT2D eigenvalue weighted by Gasteiger charge is 2.23. The number of halogens is 2. The number of aryl methyl sites for hydroxylation is 1. The van der Waals surface area contributed by atoms with Crippen molar-refractivity contribution in [2.45, 2.75) is 6.10 Å². The molecule has 0 saturated carbocycles. The number of pyridine rings is 1. The summed E-state index contributed by atoms with van der Waals surface area (Å²) in [6, 6.07) is 1.83. The number of hydrogen-bond acceptors (Lipinski definition) is 4. The van der Waals surface area contributed by atoms with Gasteiger partial charge in [-0.2, -0.15) is 5.10 Å². The highest BCUT2D eigenvalue weighted by molar-refractivity contribution is 9.11. The highest BCUT2D eigenvalue weighted by Crippen LogP contribution is 2.32. The Bertz CT molecular complexity index is 571. The van der Waals surface area contributed by atoms with Gasteiger partial charge in [0.1, 0.15) is 11.8 Å². The van der Waals surface area contributed by atoms with Crippen molar-refractivity contribution in [2.75, 3.05) is 7.11 Å². The molecule has 2 rings (SSSR count). The molecule has 5 nitrogen and oxygen atoms in total. The average Bonchev–Trinajstić information content (AvgIpc) is 2.69. The van der Waals surface area contributed by atoms with E-state index in [9.17, 15) is 5.11 Å². The zero-order valence-electron chi connectivity index (χ0n) is 9.76. The summed E-state index contributed by atoms with van der Waals surface area (Å²) < 4.78 is 8.30. The molecule has 18 heavy (non-hydrogen) atoms. The van der Waals surface area contributed by atoms with Crippen molar-refractivity contribution in [3.05, 3.63) is 38.8 Å². The number of ether oxygens (including phenoxy) is 1. The fraction of sp³-hybridized carbons (Fsp3) is 0.273. The standard InChI is InChI=1S/C11H11Br2N3O2/c1-16-10(8(18-2)5-15-16)11(17)9-7(13)3-6(12)4-14-9/h3-5,11,17H,1-2H3. The van der Waals surface area contributed by atoms with Crippen LogP contribution in [0.4, 0.5) is 0 Å². The minimum absolute atomic E-state index is 0.514. The highest BCUT2D eigenvalue weighted by atomic mass is 79.9. The van der Waals surface area contributed by atoms with Crippen LogP contribution in [0.1, 0.15) is 17.5 Å². The topological polar surface area (TPSA) is 60.2 Å². The fourth-order valence-electron chi connectivity index (χ4n) is 1.65. The van der Waals surface area contributed by atoms with Crippen molar-refractivity contribution in [2.24, 2.45) is 7.05 Å². The molecule has 0 saturated heterocycles. The molecule has 1 unspecified atom stereocenters. The second-order valence-electron chi connectivity index (χ2n) is 3.64. The van der Waals surface area contributed by atoms with Crippen LogP contribution in [0.3, 0.4) is 0 Å². The third-order valence-corrected chi connectivity index (χ3v) is 3.59. The van der Waals surface area contributed by atoms with Crippen LogP contribution in [-0.2, 0) is 7.05 Å². The smallest absolute Gasteiger partial charge is 0.163 e. The van der Waals surface area contributed by atoms with E-state index in [1.807, 2.05) is 6.07 Å². The summed E-state index contributed by atoms with van der Waals surface area (Å²) in [5, 5.41) is 14.5. The molecule has 0 aliphatic carbocycles. The number of aliphatic hydroxyl groups is 1. The van der Waals surface area contributed by atoms with Gasteiger partial charge < -0.3 is 9.84 Å². The van der Waals surface area contributed by atoms with Crippen LogP contribution in [0.5, 0.6) is 5.75 Å². The van der Waals surface area contributed by atoms with Crippen molar-refractivity contribution in [1.82, 2.24) is 14.8 Å². The molecule has 0 aliphatic heterocycles. The van der Waals surface area contributed by atoms with Gasteiger partial charge in [0.15, 0.2) is 5.75 Å². The van der Waals surface area contributed by atoms with E-state index in [1.54, 1.807) is 24.1 Å². The first kappa shape index (κ1) is 13.5. The molecule has 1 atom stereocenters. The lowest BCUT2D eigenvalue weighted by atomic mass is 10.1. The maximum atomic E-state index is 10.4. The molecule has 0 amide bonds. The third-order valence-electron chi connectivity index (χ3n) is 2.52. The Balaban J connectivity index is 2.47. The van der Waals surface area contributed by atoms with E-state index in [0.29, 0.717) is 21.6 Å². The van der Waals surface area contributed by atoms with Gasteiger partial charge in [0.05, 0.1) is 19.0 Å². The number of nitrogens with zero attached hydrogens (tertiary/aromatic N) is 3. The molecule has 0 aromatic carbocycles. The largest absolute Gasteiger partial charge is 0.493 e. The van der Waals surface area contributed by atoms with Gasteiger partial charge >= 0.3 is 0 Å². The molecular weight excluding hydrogens is 366 g/mol. The predicted molar refractivity (Wildman–Crippen MR) is 73.5 cm³/mol. The average molecular weight is 377 g/mol. The van der Waals surface area contributed by atoms with Gasteiger partial charge in [-0.05, 0) is 37.9 Å². The summed E-state index contributed by atoms with van der Waals surface area (Å²) in [5.74, 6) is 0.529. The molecule has 2 aromatic heterocycles.